The number of likely N-dealkylation sites (N-methyl/N-ethyl adjacent to an activating group) is 1. The van der Waals surface area contributed by atoms with Gasteiger partial charge in [-0.1, -0.05) is 13.8 Å². The molecule has 2 heterocycles. The minimum Gasteiger partial charge on any atom is -0.493 e. The summed E-state index contributed by atoms with van der Waals surface area (Å²) in [4.78, 5) is 15.8. The zero-order valence-corrected chi connectivity index (χ0v) is 19.9. The van der Waals surface area contributed by atoms with Crippen molar-refractivity contribution in [2.45, 2.75) is 13.8 Å². The number of nitrogens with zero attached hydrogens (tertiary/aromatic N) is 4. The summed E-state index contributed by atoms with van der Waals surface area (Å²) >= 11 is 0. The van der Waals surface area contributed by atoms with Crippen molar-refractivity contribution in [2.24, 2.45) is 0 Å². The average molecular weight is 453 g/mol. The number of ether oxygens (including phenoxy) is 3. The Balaban J connectivity index is 1.71. The smallest absolute Gasteiger partial charge is 0.227 e. The van der Waals surface area contributed by atoms with E-state index in [4.69, 9.17) is 14.2 Å². The highest BCUT2D eigenvalue weighted by Gasteiger charge is 2.14. The SMILES string of the molecule is CCN(CC)CCNc1ccc(-c2ccnc(Nc3cc(OC)c(OC)c(OC)c3)n2)cn1. The van der Waals surface area contributed by atoms with Crippen LogP contribution in [0.2, 0.25) is 0 Å². The number of benzene rings is 1. The molecule has 0 saturated carbocycles. The Morgan fingerprint density at radius 2 is 1.64 bits per heavy atom. The van der Waals surface area contributed by atoms with E-state index in [0.29, 0.717) is 28.9 Å². The fourth-order valence-corrected chi connectivity index (χ4v) is 3.39. The Labute approximate surface area is 195 Å². The molecule has 0 fully saturated rings. The molecule has 9 heteroatoms. The first-order valence-corrected chi connectivity index (χ1v) is 10.9. The molecule has 3 aromatic rings. The van der Waals surface area contributed by atoms with Gasteiger partial charge in [-0.15, -0.1) is 0 Å². The molecule has 0 aliphatic carbocycles. The van der Waals surface area contributed by atoms with Gasteiger partial charge in [-0.05, 0) is 31.3 Å². The first kappa shape index (κ1) is 24.1. The maximum Gasteiger partial charge on any atom is 0.227 e. The minimum atomic E-state index is 0.447. The van der Waals surface area contributed by atoms with E-state index in [9.17, 15) is 0 Å². The number of hydrogen-bond acceptors (Lipinski definition) is 9. The number of rotatable bonds is 12. The molecule has 2 aromatic heterocycles. The summed E-state index contributed by atoms with van der Waals surface area (Å²) in [5.74, 6) is 2.91. The quantitative estimate of drug-likeness (QED) is 0.422. The summed E-state index contributed by atoms with van der Waals surface area (Å²) in [7, 11) is 4.72. The van der Waals surface area contributed by atoms with Gasteiger partial charge in [0.1, 0.15) is 5.82 Å². The Hall–Kier alpha value is -3.59. The topological polar surface area (TPSA) is 93.7 Å². The molecule has 176 valence electrons. The molecule has 1 aromatic carbocycles. The Morgan fingerprint density at radius 1 is 0.909 bits per heavy atom. The third kappa shape index (κ3) is 6.23. The van der Waals surface area contributed by atoms with Gasteiger partial charge in [0.2, 0.25) is 11.7 Å². The standard InChI is InChI=1S/C24H32N6O3/c1-6-30(7-2)13-12-25-22-9-8-17(16-27-22)19-10-11-26-24(29-19)28-18-14-20(31-3)23(33-5)21(15-18)32-4/h8-11,14-16H,6-7,12-13H2,1-5H3,(H,25,27)(H,26,28,29). The van der Waals surface area contributed by atoms with Gasteiger partial charge in [-0.25, -0.2) is 15.0 Å². The number of anilines is 3. The van der Waals surface area contributed by atoms with Crippen molar-refractivity contribution in [1.29, 1.82) is 0 Å². The molecule has 0 radical (unpaired) electrons. The van der Waals surface area contributed by atoms with Crippen LogP contribution in [-0.2, 0) is 0 Å². The van der Waals surface area contributed by atoms with Crippen molar-refractivity contribution >= 4 is 17.5 Å². The van der Waals surface area contributed by atoms with Crippen LogP contribution >= 0.6 is 0 Å². The van der Waals surface area contributed by atoms with Gasteiger partial charge >= 0.3 is 0 Å². The first-order chi connectivity index (χ1) is 16.1. The highest BCUT2D eigenvalue weighted by atomic mass is 16.5. The normalized spacial score (nSPS) is 10.7. The number of hydrogen-bond donors (Lipinski definition) is 2. The van der Waals surface area contributed by atoms with E-state index in [1.165, 1.54) is 0 Å². The number of nitrogens with one attached hydrogen (secondary N) is 2. The third-order valence-corrected chi connectivity index (χ3v) is 5.26. The maximum atomic E-state index is 5.41. The van der Waals surface area contributed by atoms with Crippen molar-refractivity contribution in [3.05, 3.63) is 42.7 Å². The second-order valence-electron chi connectivity index (χ2n) is 7.19. The van der Waals surface area contributed by atoms with Crippen LogP contribution in [0.15, 0.2) is 42.7 Å². The number of methoxy groups -OCH3 is 3. The minimum absolute atomic E-state index is 0.447. The predicted molar refractivity (Wildman–Crippen MR) is 131 cm³/mol. The first-order valence-electron chi connectivity index (χ1n) is 10.9. The molecule has 3 rings (SSSR count). The molecule has 2 N–H and O–H groups in total. The summed E-state index contributed by atoms with van der Waals surface area (Å²) in [6.45, 7) is 8.27. The molecule has 33 heavy (non-hydrogen) atoms. The van der Waals surface area contributed by atoms with Crippen molar-refractivity contribution in [2.75, 3.05) is 58.1 Å². The lowest BCUT2D eigenvalue weighted by Crippen LogP contribution is -2.28. The van der Waals surface area contributed by atoms with Crippen LogP contribution in [0.5, 0.6) is 17.2 Å². The summed E-state index contributed by atoms with van der Waals surface area (Å²) in [5, 5.41) is 6.57. The van der Waals surface area contributed by atoms with Gasteiger partial charge in [0, 0.05) is 48.9 Å². The number of aromatic nitrogens is 3. The molecule has 0 aliphatic rings. The fraction of sp³-hybridized carbons (Fsp3) is 0.375. The Bertz CT molecular complexity index is 1000. The lowest BCUT2D eigenvalue weighted by molar-refractivity contribution is 0.316. The molecular formula is C24H32N6O3. The molecule has 0 unspecified atom stereocenters. The largest absolute Gasteiger partial charge is 0.493 e. The van der Waals surface area contributed by atoms with Gasteiger partial charge in [0.05, 0.1) is 27.0 Å². The van der Waals surface area contributed by atoms with Crippen LogP contribution < -0.4 is 24.8 Å². The van der Waals surface area contributed by atoms with Crippen LogP contribution in [0.3, 0.4) is 0 Å². The predicted octanol–water partition coefficient (Wildman–Crippen LogP) is 4.06. The Kier molecular flexibility index (Phi) is 8.65. The van der Waals surface area contributed by atoms with Crippen LogP contribution in [0, 0.1) is 0 Å². The molecule has 9 nitrogen and oxygen atoms in total. The van der Waals surface area contributed by atoms with Crippen molar-refractivity contribution < 1.29 is 14.2 Å². The van der Waals surface area contributed by atoms with E-state index >= 15 is 0 Å². The second-order valence-corrected chi connectivity index (χ2v) is 7.19. The van der Waals surface area contributed by atoms with Crippen LogP contribution in [0.25, 0.3) is 11.3 Å². The van der Waals surface area contributed by atoms with E-state index < -0.39 is 0 Å². The molecular weight excluding hydrogens is 420 g/mol. The van der Waals surface area contributed by atoms with E-state index in [2.05, 4.69) is 44.3 Å². The van der Waals surface area contributed by atoms with E-state index in [0.717, 1.165) is 43.3 Å². The lowest BCUT2D eigenvalue weighted by atomic mass is 10.2. The summed E-state index contributed by atoms with van der Waals surface area (Å²) in [5.41, 5.74) is 2.38. The molecule has 0 spiro atoms. The highest BCUT2D eigenvalue weighted by Crippen LogP contribution is 2.40. The van der Waals surface area contributed by atoms with Crippen molar-refractivity contribution in [3.63, 3.8) is 0 Å². The Morgan fingerprint density at radius 3 is 2.21 bits per heavy atom. The molecule has 0 atom stereocenters. The van der Waals surface area contributed by atoms with Gasteiger partial charge in [-0.3, -0.25) is 0 Å². The van der Waals surface area contributed by atoms with Crippen molar-refractivity contribution in [3.8, 4) is 28.5 Å². The van der Waals surface area contributed by atoms with E-state index in [-0.39, 0.29) is 0 Å². The third-order valence-electron chi connectivity index (χ3n) is 5.26. The van der Waals surface area contributed by atoms with E-state index in [1.807, 2.05) is 24.4 Å². The van der Waals surface area contributed by atoms with Crippen molar-refractivity contribution in [1.82, 2.24) is 19.9 Å². The van der Waals surface area contributed by atoms with Gasteiger partial charge in [-0.2, -0.15) is 0 Å². The molecule has 0 bridgehead atoms. The summed E-state index contributed by atoms with van der Waals surface area (Å²) < 4.78 is 16.2. The zero-order chi connectivity index (χ0) is 23.6. The number of pyridine rings is 1. The molecule has 0 amide bonds. The summed E-state index contributed by atoms with van der Waals surface area (Å²) in [6.07, 6.45) is 3.52. The van der Waals surface area contributed by atoms with Crippen LogP contribution in [0.1, 0.15) is 13.8 Å². The van der Waals surface area contributed by atoms with Gasteiger partial charge < -0.3 is 29.7 Å². The monoisotopic (exact) mass is 452 g/mol. The van der Waals surface area contributed by atoms with Gasteiger partial charge in [0.25, 0.3) is 0 Å². The van der Waals surface area contributed by atoms with Gasteiger partial charge in [0.15, 0.2) is 11.5 Å². The molecule has 0 aliphatic heterocycles. The molecule has 0 saturated heterocycles. The second kappa shape index (κ2) is 11.9. The van der Waals surface area contributed by atoms with Crippen LogP contribution in [0.4, 0.5) is 17.5 Å². The fourth-order valence-electron chi connectivity index (χ4n) is 3.39. The lowest BCUT2D eigenvalue weighted by Gasteiger charge is -2.18. The average Bonchev–Trinajstić information content (AvgIpc) is 2.86. The zero-order valence-electron chi connectivity index (χ0n) is 19.9. The highest BCUT2D eigenvalue weighted by molar-refractivity contribution is 5.67. The maximum absolute atomic E-state index is 5.41. The van der Waals surface area contributed by atoms with Crippen LogP contribution in [-0.4, -0.2) is 67.4 Å². The van der Waals surface area contributed by atoms with E-state index in [1.54, 1.807) is 39.7 Å². The summed E-state index contributed by atoms with van der Waals surface area (Å²) in [6, 6.07) is 9.42.